The van der Waals surface area contributed by atoms with Crippen molar-refractivity contribution in [3.8, 4) is 0 Å². The highest BCUT2D eigenvalue weighted by Gasteiger charge is 2.25. The molecule has 0 saturated heterocycles. The van der Waals surface area contributed by atoms with Crippen LogP contribution in [0, 0.1) is 5.82 Å². The highest BCUT2D eigenvalue weighted by Crippen LogP contribution is 2.24. The van der Waals surface area contributed by atoms with Crippen LogP contribution >= 0.6 is 15.9 Å². The number of halogens is 2. The van der Waals surface area contributed by atoms with Crippen molar-refractivity contribution in [2.45, 2.75) is 18.9 Å². The third-order valence-corrected chi connectivity index (χ3v) is 3.17. The van der Waals surface area contributed by atoms with Crippen LogP contribution in [-0.4, -0.2) is 36.1 Å². The summed E-state index contributed by atoms with van der Waals surface area (Å²) < 4.78 is 14.0. The van der Waals surface area contributed by atoms with Gasteiger partial charge in [-0.1, -0.05) is 0 Å². The molecule has 0 aromatic carbocycles. The molecule has 1 aromatic rings. The van der Waals surface area contributed by atoms with Crippen molar-refractivity contribution in [1.29, 1.82) is 0 Å². The lowest BCUT2D eigenvalue weighted by Crippen LogP contribution is -2.27. The molecule has 5 heteroatoms. The lowest BCUT2D eigenvalue weighted by molar-refractivity contribution is 0.337. The number of likely N-dealkylation sites (N-methyl/N-ethyl adjacent to an activating group) is 1. The van der Waals surface area contributed by atoms with Gasteiger partial charge in [-0.3, -0.25) is 0 Å². The Labute approximate surface area is 103 Å². The number of pyridine rings is 1. The van der Waals surface area contributed by atoms with Gasteiger partial charge in [0.15, 0.2) is 11.6 Å². The minimum absolute atomic E-state index is 0.316. The summed E-state index contributed by atoms with van der Waals surface area (Å²) >= 11 is 3.18. The second-order valence-corrected chi connectivity index (χ2v) is 5.04. The molecule has 1 fully saturated rings. The van der Waals surface area contributed by atoms with Crippen molar-refractivity contribution in [2.24, 2.45) is 0 Å². The van der Waals surface area contributed by atoms with Crippen molar-refractivity contribution >= 4 is 21.7 Å². The average molecular weight is 288 g/mol. The smallest absolute Gasteiger partial charge is 0.166 e. The number of nitrogens with zero attached hydrogens (tertiary/aromatic N) is 2. The maximum Gasteiger partial charge on any atom is 0.166 e. The van der Waals surface area contributed by atoms with Gasteiger partial charge in [0, 0.05) is 29.8 Å². The summed E-state index contributed by atoms with van der Waals surface area (Å²) in [5, 5.41) is 3.01. The molecule has 0 spiro atoms. The van der Waals surface area contributed by atoms with Crippen LogP contribution in [0.25, 0.3) is 0 Å². The Bertz CT molecular complexity index is 368. The number of hydrogen-bond acceptors (Lipinski definition) is 3. The summed E-state index contributed by atoms with van der Waals surface area (Å²) in [6, 6.07) is 2.16. The Morgan fingerprint density at radius 3 is 3.00 bits per heavy atom. The van der Waals surface area contributed by atoms with E-state index in [2.05, 4.69) is 38.2 Å². The van der Waals surface area contributed by atoms with Crippen LogP contribution in [0.3, 0.4) is 0 Å². The quantitative estimate of drug-likeness (QED) is 0.902. The average Bonchev–Trinajstić information content (AvgIpc) is 3.04. The Morgan fingerprint density at radius 1 is 1.62 bits per heavy atom. The summed E-state index contributed by atoms with van der Waals surface area (Å²) in [6.45, 7) is 1.64. The van der Waals surface area contributed by atoms with Crippen LogP contribution in [0.5, 0.6) is 0 Å². The van der Waals surface area contributed by atoms with E-state index in [-0.39, 0.29) is 5.82 Å². The SMILES string of the molecule is CN(CCNc1ncc(Br)cc1F)C1CC1. The van der Waals surface area contributed by atoms with Crippen molar-refractivity contribution in [3.63, 3.8) is 0 Å². The number of hydrogen-bond donors (Lipinski definition) is 1. The van der Waals surface area contributed by atoms with Gasteiger partial charge in [-0.25, -0.2) is 9.37 Å². The van der Waals surface area contributed by atoms with Crippen molar-refractivity contribution in [3.05, 3.63) is 22.6 Å². The molecule has 0 unspecified atom stereocenters. The summed E-state index contributed by atoms with van der Waals surface area (Å²) in [6.07, 6.45) is 4.18. The summed E-state index contributed by atoms with van der Waals surface area (Å²) in [4.78, 5) is 6.28. The molecule has 1 aliphatic rings. The predicted molar refractivity (Wildman–Crippen MR) is 66.0 cm³/mol. The molecule has 88 valence electrons. The fraction of sp³-hybridized carbons (Fsp3) is 0.545. The topological polar surface area (TPSA) is 28.2 Å². The van der Waals surface area contributed by atoms with Gasteiger partial charge in [0.25, 0.3) is 0 Å². The minimum atomic E-state index is -0.316. The molecule has 2 rings (SSSR count). The van der Waals surface area contributed by atoms with Crippen molar-refractivity contribution in [1.82, 2.24) is 9.88 Å². The Morgan fingerprint density at radius 2 is 2.38 bits per heavy atom. The fourth-order valence-corrected chi connectivity index (χ4v) is 1.90. The predicted octanol–water partition coefficient (Wildman–Crippen LogP) is 2.49. The maximum absolute atomic E-state index is 13.4. The highest BCUT2D eigenvalue weighted by molar-refractivity contribution is 9.10. The van der Waals surface area contributed by atoms with E-state index in [1.165, 1.54) is 18.9 Å². The van der Waals surface area contributed by atoms with Gasteiger partial charge < -0.3 is 10.2 Å². The first kappa shape index (κ1) is 11.8. The zero-order valence-electron chi connectivity index (χ0n) is 9.21. The van der Waals surface area contributed by atoms with Gasteiger partial charge in [0.05, 0.1) is 0 Å². The Balaban J connectivity index is 1.80. The van der Waals surface area contributed by atoms with Gasteiger partial charge >= 0.3 is 0 Å². The van der Waals surface area contributed by atoms with E-state index in [1.54, 1.807) is 6.20 Å². The molecule has 0 amide bonds. The van der Waals surface area contributed by atoms with Crippen LogP contribution < -0.4 is 5.32 Å². The molecule has 1 saturated carbocycles. The van der Waals surface area contributed by atoms with E-state index in [0.29, 0.717) is 10.3 Å². The molecular weight excluding hydrogens is 273 g/mol. The molecule has 1 aliphatic carbocycles. The van der Waals surface area contributed by atoms with E-state index >= 15 is 0 Å². The third kappa shape index (κ3) is 3.15. The first-order valence-electron chi connectivity index (χ1n) is 5.42. The van der Waals surface area contributed by atoms with Crippen molar-refractivity contribution in [2.75, 3.05) is 25.5 Å². The molecule has 0 radical (unpaired) electrons. The number of nitrogens with one attached hydrogen (secondary N) is 1. The lowest BCUT2D eigenvalue weighted by atomic mass is 10.4. The van der Waals surface area contributed by atoms with E-state index in [1.807, 2.05) is 0 Å². The normalized spacial score (nSPS) is 15.5. The number of rotatable bonds is 5. The van der Waals surface area contributed by atoms with E-state index in [4.69, 9.17) is 0 Å². The van der Waals surface area contributed by atoms with E-state index in [9.17, 15) is 4.39 Å². The molecule has 1 heterocycles. The van der Waals surface area contributed by atoms with E-state index in [0.717, 1.165) is 19.1 Å². The highest BCUT2D eigenvalue weighted by atomic mass is 79.9. The van der Waals surface area contributed by atoms with Gasteiger partial charge in [0.1, 0.15) is 0 Å². The summed E-state index contributed by atoms with van der Waals surface area (Å²) in [5.74, 6) is 0.0100. The molecule has 3 nitrogen and oxygen atoms in total. The molecule has 1 aromatic heterocycles. The molecule has 1 N–H and O–H groups in total. The molecule has 16 heavy (non-hydrogen) atoms. The van der Waals surface area contributed by atoms with Crippen molar-refractivity contribution < 1.29 is 4.39 Å². The van der Waals surface area contributed by atoms with Gasteiger partial charge in [0.2, 0.25) is 0 Å². The number of anilines is 1. The van der Waals surface area contributed by atoms with Crippen LogP contribution in [0.15, 0.2) is 16.7 Å². The van der Waals surface area contributed by atoms with Gasteiger partial charge in [-0.15, -0.1) is 0 Å². The second-order valence-electron chi connectivity index (χ2n) is 4.12. The Hall–Kier alpha value is -0.680. The molecule has 0 aliphatic heterocycles. The van der Waals surface area contributed by atoms with Gasteiger partial charge in [-0.2, -0.15) is 0 Å². The Kier molecular flexibility index (Phi) is 3.76. The largest absolute Gasteiger partial charge is 0.366 e. The van der Waals surface area contributed by atoms with Crippen LogP contribution in [0.2, 0.25) is 0 Å². The summed E-state index contributed by atoms with van der Waals surface area (Å²) in [5.41, 5.74) is 0. The lowest BCUT2D eigenvalue weighted by Gasteiger charge is -2.16. The first-order valence-corrected chi connectivity index (χ1v) is 6.21. The first-order chi connectivity index (χ1) is 7.66. The zero-order chi connectivity index (χ0) is 11.5. The van der Waals surface area contributed by atoms with Crippen LogP contribution in [0.4, 0.5) is 10.2 Å². The number of aromatic nitrogens is 1. The monoisotopic (exact) mass is 287 g/mol. The summed E-state index contributed by atoms with van der Waals surface area (Å²) in [7, 11) is 2.10. The molecule has 0 bridgehead atoms. The fourth-order valence-electron chi connectivity index (χ4n) is 1.59. The maximum atomic E-state index is 13.4. The second kappa shape index (κ2) is 5.10. The molecule has 0 atom stereocenters. The van der Waals surface area contributed by atoms with Crippen LogP contribution in [-0.2, 0) is 0 Å². The van der Waals surface area contributed by atoms with E-state index < -0.39 is 0 Å². The zero-order valence-corrected chi connectivity index (χ0v) is 10.8. The van der Waals surface area contributed by atoms with Gasteiger partial charge in [-0.05, 0) is 41.9 Å². The molecular formula is C11H15BrFN3. The minimum Gasteiger partial charge on any atom is -0.366 e. The standard InChI is InChI=1S/C11H15BrFN3/c1-16(9-2-3-9)5-4-14-11-10(13)6-8(12)7-15-11/h6-7,9H,2-5H2,1H3,(H,14,15). The van der Waals surface area contributed by atoms with Crippen LogP contribution in [0.1, 0.15) is 12.8 Å². The third-order valence-electron chi connectivity index (χ3n) is 2.73.